The van der Waals surface area contributed by atoms with E-state index in [9.17, 15) is 9.18 Å². The summed E-state index contributed by atoms with van der Waals surface area (Å²) in [5, 5.41) is 0. The lowest BCUT2D eigenvalue weighted by atomic mass is 10.1. The molecule has 0 aromatic heterocycles. The molecule has 1 rings (SSSR count). The first kappa shape index (κ1) is 15.6. The maximum atomic E-state index is 14.1. The van der Waals surface area contributed by atoms with Crippen molar-refractivity contribution in [2.45, 2.75) is 32.7 Å². The van der Waals surface area contributed by atoms with Crippen LogP contribution in [0, 0.1) is 5.82 Å². The van der Waals surface area contributed by atoms with Crippen LogP contribution >= 0.6 is 0 Å². The highest BCUT2D eigenvalue weighted by atomic mass is 19.1. The second-order valence-corrected chi connectivity index (χ2v) is 4.45. The van der Waals surface area contributed by atoms with E-state index in [-0.39, 0.29) is 11.9 Å². The number of benzene rings is 1. The lowest BCUT2D eigenvalue weighted by molar-refractivity contribution is 0.112. The maximum absolute atomic E-state index is 14.1. The van der Waals surface area contributed by atoms with Gasteiger partial charge in [-0.2, -0.15) is 0 Å². The van der Waals surface area contributed by atoms with Gasteiger partial charge in [-0.05, 0) is 25.0 Å². The van der Waals surface area contributed by atoms with Crippen molar-refractivity contribution in [2.75, 3.05) is 25.2 Å². The fraction of sp³-hybridized carbons (Fsp3) is 0.533. The molecule has 0 N–H and O–H groups in total. The van der Waals surface area contributed by atoms with Gasteiger partial charge in [-0.25, -0.2) is 4.39 Å². The van der Waals surface area contributed by atoms with Gasteiger partial charge in [0.05, 0.1) is 12.3 Å². The van der Waals surface area contributed by atoms with Gasteiger partial charge in [-0.1, -0.05) is 19.9 Å². The molecule has 0 saturated heterocycles. The van der Waals surface area contributed by atoms with Gasteiger partial charge in [0, 0.05) is 25.3 Å². The fourth-order valence-corrected chi connectivity index (χ4v) is 2.33. The van der Waals surface area contributed by atoms with Crippen LogP contribution in [0.5, 0.6) is 0 Å². The molecule has 1 aromatic carbocycles. The molecule has 0 aliphatic rings. The largest absolute Gasteiger partial charge is 0.383 e. The summed E-state index contributed by atoms with van der Waals surface area (Å²) in [6, 6.07) is 4.80. The standard InChI is InChI=1S/C15H22FNO2/c1-4-13(5-2)17(9-10-19-3)15-12(11-18)7-6-8-14(15)16/h6-8,11,13H,4-5,9-10H2,1-3H3. The highest BCUT2D eigenvalue weighted by Gasteiger charge is 2.21. The lowest BCUT2D eigenvalue weighted by Crippen LogP contribution is -2.38. The third-order valence-corrected chi connectivity index (χ3v) is 3.35. The zero-order valence-electron chi connectivity index (χ0n) is 11.9. The van der Waals surface area contributed by atoms with Crippen LogP contribution in [0.15, 0.2) is 18.2 Å². The highest BCUT2D eigenvalue weighted by molar-refractivity contribution is 5.85. The molecule has 0 saturated carbocycles. The van der Waals surface area contributed by atoms with Crippen LogP contribution in [0.25, 0.3) is 0 Å². The summed E-state index contributed by atoms with van der Waals surface area (Å²) in [6.07, 6.45) is 2.50. The summed E-state index contributed by atoms with van der Waals surface area (Å²) in [7, 11) is 1.62. The van der Waals surface area contributed by atoms with Crippen LogP contribution in [0.2, 0.25) is 0 Å². The molecule has 0 bridgehead atoms. The van der Waals surface area contributed by atoms with E-state index in [4.69, 9.17) is 4.74 Å². The van der Waals surface area contributed by atoms with Gasteiger partial charge >= 0.3 is 0 Å². The Labute approximate surface area is 114 Å². The predicted octanol–water partition coefficient (Wildman–Crippen LogP) is 3.28. The zero-order valence-corrected chi connectivity index (χ0v) is 11.9. The number of hydrogen-bond acceptors (Lipinski definition) is 3. The number of halogens is 1. The first-order chi connectivity index (χ1) is 9.19. The molecule has 4 heteroatoms. The number of hydrogen-bond donors (Lipinski definition) is 0. The molecule has 0 fully saturated rings. The molecule has 19 heavy (non-hydrogen) atoms. The smallest absolute Gasteiger partial charge is 0.152 e. The molecule has 0 heterocycles. The minimum Gasteiger partial charge on any atom is -0.383 e. The summed E-state index contributed by atoms with van der Waals surface area (Å²) in [5.74, 6) is -0.354. The SMILES string of the molecule is CCC(CC)N(CCOC)c1c(F)cccc1C=O. The molecule has 0 radical (unpaired) electrons. The number of rotatable bonds is 8. The van der Waals surface area contributed by atoms with Crippen LogP contribution in [-0.4, -0.2) is 32.6 Å². The monoisotopic (exact) mass is 267 g/mol. The molecule has 0 amide bonds. The minimum atomic E-state index is -0.354. The summed E-state index contributed by atoms with van der Waals surface area (Å²) in [4.78, 5) is 13.1. The summed E-state index contributed by atoms with van der Waals surface area (Å²) >= 11 is 0. The molecule has 0 aliphatic heterocycles. The first-order valence-corrected chi connectivity index (χ1v) is 6.68. The van der Waals surface area contributed by atoms with Crippen LogP contribution in [0.4, 0.5) is 10.1 Å². The number of aldehydes is 1. The van der Waals surface area contributed by atoms with Crippen molar-refractivity contribution in [1.29, 1.82) is 0 Å². The van der Waals surface area contributed by atoms with E-state index in [1.54, 1.807) is 19.2 Å². The zero-order chi connectivity index (χ0) is 14.3. The van der Waals surface area contributed by atoms with Crippen molar-refractivity contribution < 1.29 is 13.9 Å². The van der Waals surface area contributed by atoms with Gasteiger partial charge in [0.15, 0.2) is 6.29 Å². The van der Waals surface area contributed by atoms with Gasteiger partial charge < -0.3 is 9.64 Å². The van der Waals surface area contributed by atoms with Crippen LogP contribution in [-0.2, 0) is 4.74 Å². The molecule has 3 nitrogen and oxygen atoms in total. The van der Waals surface area contributed by atoms with Crippen molar-refractivity contribution in [1.82, 2.24) is 0 Å². The van der Waals surface area contributed by atoms with E-state index in [0.29, 0.717) is 30.7 Å². The van der Waals surface area contributed by atoms with Gasteiger partial charge in [-0.3, -0.25) is 4.79 Å². The van der Waals surface area contributed by atoms with E-state index < -0.39 is 0 Å². The predicted molar refractivity (Wildman–Crippen MR) is 75.4 cm³/mol. The van der Waals surface area contributed by atoms with Crippen LogP contribution < -0.4 is 4.90 Å². The summed E-state index contributed by atoms with van der Waals surface area (Å²) in [5.41, 5.74) is 0.784. The topological polar surface area (TPSA) is 29.5 Å². The normalized spacial score (nSPS) is 10.8. The molecule has 1 aromatic rings. The molecular formula is C15H22FNO2. The third-order valence-electron chi connectivity index (χ3n) is 3.35. The Morgan fingerprint density at radius 2 is 2.05 bits per heavy atom. The van der Waals surface area contributed by atoms with Crippen molar-refractivity contribution in [3.8, 4) is 0 Å². The van der Waals surface area contributed by atoms with Crippen molar-refractivity contribution in [3.05, 3.63) is 29.6 Å². The molecular weight excluding hydrogens is 245 g/mol. The summed E-state index contributed by atoms with van der Waals surface area (Å²) in [6.45, 7) is 5.21. The average molecular weight is 267 g/mol. The Morgan fingerprint density at radius 3 is 2.58 bits per heavy atom. The minimum absolute atomic E-state index is 0.200. The Hall–Kier alpha value is -1.42. The van der Waals surface area contributed by atoms with E-state index in [0.717, 1.165) is 12.8 Å². The third kappa shape index (κ3) is 3.77. The number of ether oxygens (including phenoxy) is 1. The van der Waals surface area contributed by atoms with Gasteiger partial charge in [0.25, 0.3) is 0 Å². The van der Waals surface area contributed by atoms with Gasteiger partial charge in [-0.15, -0.1) is 0 Å². The Bertz CT molecular complexity index is 405. The van der Waals surface area contributed by atoms with E-state index in [1.165, 1.54) is 6.07 Å². The van der Waals surface area contributed by atoms with Crippen molar-refractivity contribution >= 4 is 12.0 Å². The second kappa shape index (κ2) is 7.89. The van der Waals surface area contributed by atoms with Gasteiger partial charge in [0.1, 0.15) is 5.82 Å². The van der Waals surface area contributed by atoms with Crippen LogP contribution in [0.1, 0.15) is 37.0 Å². The van der Waals surface area contributed by atoms with E-state index >= 15 is 0 Å². The highest BCUT2D eigenvalue weighted by Crippen LogP contribution is 2.27. The maximum Gasteiger partial charge on any atom is 0.152 e. The number of carbonyl (C=O) groups is 1. The molecule has 0 atom stereocenters. The Kier molecular flexibility index (Phi) is 6.50. The molecule has 0 spiro atoms. The van der Waals surface area contributed by atoms with Crippen LogP contribution in [0.3, 0.4) is 0 Å². The lowest BCUT2D eigenvalue weighted by Gasteiger charge is -2.33. The number of methoxy groups -OCH3 is 1. The van der Waals surface area contributed by atoms with Gasteiger partial charge in [0.2, 0.25) is 0 Å². The number of nitrogens with zero attached hydrogens (tertiary/aromatic N) is 1. The number of para-hydroxylation sites is 1. The number of anilines is 1. The molecule has 0 unspecified atom stereocenters. The Balaban J connectivity index is 3.19. The molecule has 0 aliphatic carbocycles. The first-order valence-electron chi connectivity index (χ1n) is 6.68. The Morgan fingerprint density at radius 1 is 1.37 bits per heavy atom. The van der Waals surface area contributed by atoms with Crippen molar-refractivity contribution in [2.24, 2.45) is 0 Å². The van der Waals surface area contributed by atoms with Crippen molar-refractivity contribution in [3.63, 3.8) is 0 Å². The number of carbonyl (C=O) groups excluding carboxylic acids is 1. The summed E-state index contributed by atoms with van der Waals surface area (Å²) < 4.78 is 19.2. The fourth-order valence-electron chi connectivity index (χ4n) is 2.33. The average Bonchev–Trinajstić information content (AvgIpc) is 2.43. The van der Waals surface area contributed by atoms with E-state index in [1.807, 2.05) is 4.90 Å². The molecule has 106 valence electrons. The van der Waals surface area contributed by atoms with E-state index in [2.05, 4.69) is 13.8 Å². The second-order valence-electron chi connectivity index (χ2n) is 4.45. The quantitative estimate of drug-likeness (QED) is 0.677.